The average molecular weight is 630 g/mol. The van der Waals surface area contributed by atoms with Crippen LogP contribution in [0.1, 0.15) is 18.4 Å². The Hall–Kier alpha value is -2.79. The fraction of sp³-hybridized carbons (Fsp3) is 0.478. The lowest BCUT2D eigenvalue weighted by molar-refractivity contribution is -0.467. The molecule has 41 heavy (non-hydrogen) atoms. The van der Waals surface area contributed by atoms with E-state index in [1.165, 1.54) is 42.5 Å². The zero-order valence-electron chi connectivity index (χ0n) is 19.7. The predicted octanol–water partition coefficient (Wildman–Crippen LogP) is 9.62. The Morgan fingerprint density at radius 2 is 0.902 bits per heavy atom. The molecule has 2 aromatic carbocycles. The summed E-state index contributed by atoms with van der Waals surface area (Å²) in [4.78, 5) is 0. The van der Waals surface area contributed by atoms with Gasteiger partial charge in [0.05, 0.1) is 6.61 Å². The third-order valence-electron chi connectivity index (χ3n) is 5.64. The van der Waals surface area contributed by atoms with E-state index in [2.05, 4.69) is 4.74 Å². The van der Waals surface area contributed by atoms with Gasteiger partial charge in [0.2, 0.25) is 0 Å². The van der Waals surface area contributed by atoms with E-state index < -0.39 is 72.8 Å². The van der Waals surface area contributed by atoms with Crippen molar-refractivity contribution in [1.29, 1.82) is 0 Å². The molecular formula is C23H15F17O. The molecule has 0 saturated carbocycles. The molecule has 2 rings (SSSR count). The highest BCUT2D eigenvalue weighted by molar-refractivity contribution is 5.67. The van der Waals surface area contributed by atoms with Gasteiger partial charge in [-0.2, -0.15) is 74.6 Å². The van der Waals surface area contributed by atoms with Gasteiger partial charge in [-0.1, -0.05) is 54.6 Å². The molecule has 1 nitrogen and oxygen atoms in total. The first-order valence-electron chi connectivity index (χ1n) is 10.8. The fourth-order valence-corrected chi connectivity index (χ4v) is 3.26. The molecule has 2 aromatic rings. The number of alkyl halides is 17. The van der Waals surface area contributed by atoms with Crippen molar-refractivity contribution in [3.8, 4) is 11.1 Å². The first-order chi connectivity index (χ1) is 18.3. The molecule has 18 heteroatoms. The standard InChI is InChI=1S/C23H15F17O/c24-16(25,10-11-17(26,27)28)18(29,30)19(31,32)20(33,34)21(35,36)22(37,38)23(39,40)41-12-14-8-4-5-9-15(14)13-6-2-1-3-7-13/h1-9H,10-12H2. The monoisotopic (exact) mass is 630 g/mol. The van der Waals surface area contributed by atoms with Gasteiger partial charge in [0.15, 0.2) is 0 Å². The summed E-state index contributed by atoms with van der Waals surface area (Å²) in [5.41, 5.74) is -0.297. The summed E-state index contributed by atoms with van der Waals surface area (Å²) in [6.07, 6.45) is -19.0. The molecule has 0 unspecified atom stereocenters. The lowest BCUT2D eigenvalue weighted by atomic mass is 9.89. The number of rotatable bonds is 12. The molecule has 0 saturated heterocycles. The number of benzene rings is 2. The van der Waals surface area contributed by atoms with Crippen LogP contribution in [-0.2, 0) is 11.3 Å². The molecule has 0 amide bonds. The molecule has 232 valence electrons. The number of halogens is 17. The van der Waals surface area contributed by atoms with E-state index in [0.29, 0.717) is 0 Å². The van der Waals surface area contributed by atoms with Crippen LogP contribution in [0.5, 0.6) is 0 Å². The largest absolute Gasteiger partial charge is 0.426 e. The quantitative estimate of drug-likeness (QED) is 0.212. The van der Waals surface area contributed by atoms with Crippen LogP contribution in [0.25, 0.3) is 11.1 Å². The van der Waals surface area contributed by atoms with Crippen molar-refractivity contribution in [2.75, 3.05) is 0 Å². The minimum Gasteiger partial charge on any atom is -0.311 e. The lowest BCUT2D eigenvalue weighted by Crippen LogP contribution is -2.73. The molecule has 0 fully saturated rings. The second-order valence-corrected chi connectivity index (χ2v) is 8.52. The van der Waals surface area contributed by atoms with Gasteiger partial charge in [-0.05, 0) is 16.7 Å². The zero-order chi connectivity index (χ0) is 31.9. The molecule has 0 atom stereocenters. The molecule has 0 bridgehead atoms. The second kappa shape index (κ2) is 10.8. The molecule has 0 heterocycles. The normalized spacial score (nSPS) is 14.9. The summed E-state index contributed by atoms with van der Waals surface area (Å²) in [7, 11) is 0. The van der Waals surface area contributed by atoms with Crippen LogP contribution in [0.15, 0.2) is 54.6 Å². The summed E-state index contributed by atoms with van der Waals surface area (Å²) >= 11 is 0. The molecule has 0 radical (unpaired) electrons. The predicted molar refractivity (Wildman–Crippen MR) is 107 cm³/mol. The number of hydrogen-bond donors (Lipinski definition) is 0. The first-order valence-corrected chi connectivity index (χ1v) is 10.8. The Morgan fingerprint density at radius 3 is 1.41 bits per heavy atom. The molecule has 0 aromatic heterocycles. The molecule has 0 aliphatic carbocycles. The Morgan fingerprint density at radius 1 is 0.463 bits per heavy atom. The number of ether oxygens (including phenoxy) is 1. The highest BCUT2D eigenvalue weighted by atomic mass is 19.4. The van der Waals surface area contributed by atoms with Gasteiger partial charge < -0.3 is 4.74 Å². The zero-order valence-corrected chi connectivity index (χ0v) is 19.7. The van der Waals surface area contributed by atoms with Crippen LogP contribution in [-0.4, -0.2) is 47.8 Å². The van der Waals surface area contributed by atoms with Crippen LogP contribution in [0, 0.1) is 0 Å². The molecule has 0 spiro atoms. The smallest absolute Gasteiger partial charge is 0.311 e. The van der Waals surface area contributed by atoms with Crippen molar-refractivity contribution in [1.82, 2.24) is 0 Å². The average Bonchev–Trinajstić information content (AvgIpc) is 2.86. The van der Waals surface area contributed by atoms with Gasteiger partial charge in [0, 0.05) is 12.8 Å². The SMILES string of the molecule is FC(F)(F)CCC(F)(F)C(F)(F)C(F)(F)C(F)(F)C(F)(F)C(F)(F)C(F)(F)OCc1ccccc1-c1ccccc1. The summed E-state index contributed by atoms with van der Waals surface area (Å²) < 4.78 is 234. The minimum absolute atomic E-state index is 0.0448. The van der Waals surface area contributed by atoms with Crippen LogP contribution in [0.4, 0.5) is 74.6 Å². The Balaban J connectivity index is 2.42. The summed E-state index contributed by atoms with van der Waals surface area (Å²) in [6.45, 7) is -1.78. The molecule has 0 aliphatic rings. The summed E-state index contributed by atoms with van der Waals surface area (Å²) in [5.74, 6) is -47.5. The van der Waals surface area contributed by atoms with E-state index >= 15 is 0 Å². The highest BCUT2D eigenvalue weighted by Crippen LogP contribution is 2.63. The van der Waals surface area contributed by atoms with E-state index in [0.717, 1.165) is 12.1 Å². The van der Waals surface area contributed by atoms with Crippen molar-refractivity contribution >= 4 is 0 Å². The van der Waals surface area contributed by atoms with E-state index in [4.69, 9.17) is 0 Å². The maximum atomic E-state index is 14.1. The van der Waals surface area contributed by atoms with Crippen molar-refractivity contribution in [2.45, 2.75) is 67.3 Å². The van der Waals surface area contributed by atoms with Crippen LogP contribution < -0.4 is 0 Å². The third-order valence-corrected chi connectivity index (χ3v) is 5.64. The van der Waals surface area contributed by atoms with E-state index in [9.17, 15) is 74.6 Å². The van der Waals surface area contributed by atoms with Crippen molar-refractivity contribution in [3.63, 3.8) is 0 Å². The van der Waals surface area contributed by atoms with Crippen LogP contribution in [0.2, 0.25) is 0 Å². The Bertz CT molecular complexity index is 1170. The minimum atomic E-state index is -8.41. The maximum absolute atomic E-state index is 14.1. The third kappa shape index (κ3) is 6.07. The lowest BCUT2D eigenvalue weighted by Gasteiger charge is -2.42. The van der Waals surface area contributed by atoms with E-state index in [-0.39, 0.29) is 11.1 Å². The van der Waals surface area contributed by atoms with Crippen molar-refractivity contribution in [3.05, 3.63) is 60.2 Å². The van der Waals surface area contributed by atoms with Gasteiger partial charge in [-0.25, -0.2) is 0 Å². The van der Waals surface area contributed by atoms with Gasteiger partial charge in [0.25, 0.3) is 0 Å². The second-order valence-electron chi connectivity index (χ2n) is 8.52. The van der Waals surface area contributed by atoms with Gasteiger partial charge >= 0.3 is 47.8 Å². The summed E-state index contributed by atoms with van der Waals surface area (Å²) in [6, 6.07) is 11.5. The molecular weight excluding hydrogens is 615 g/mol. The number of hydrogen-bond acceptors (Lipinski definition) is 1. The highest BCUT2D eigenvalue weighted by Gasteiger charge is 2.93. The van der Waals surface area contributed by atoms with Crippen molar-refractivity contribution in [2.24, 2.45) is 0 Å². The van der Waals surface area contributed by atoms with E-state index in [1.54, 1.807) is 0 Å². The molecule has 0 aliphatic heterocycles. The van der Waals surface area contributed by atoms with Crippen LogP contribution in [0.3, 0.4) is 0 Å². The van der Waals surface area contributed by atoms with Gasteiger partial charge in [-0.15, -0.1) is 0 Å². The van der Waals surface area contributed by atoms with Gasteiger partial charge in [-0.3, -0.25) is 0 Å². The topological polar surface area (TPSA) is 9.23 Å². The van der Waals surface area contributed by atoms with Crippen LogP contribution >= 0.6 is 0 Å². The fourth-order valence-electron chi connectivity index (χ4n) is 3.26. The Kier molecular flexibility index (Phi) is 9.06. The van der Waals surface area contributed by atoms with E-state index in [1.807, 2.05) is 0 Å². The molecule has 0 N–H and O–H groups in total. The summed E-state index contributed by atoms with van der Waals surface area (Å²) in [5, 5.41) is 0. The first kappa shape index (κ1) is 34.4. The maximum Gasteiger partial charge on any atom is 0.426 e. The Labute approximate surface area is 218 Å². The van der Waals surface area contributed by atoms with Gasteiger partial charge in [0.1, 0.15) is 0 Å². The van der Waals surface area contributed by atoms with Crippen molar-refractivity contribution < 1.29 is 79.4 Å².